The molecule has 1 saturated carbocycles. The fourth-order valence-corrected chi connectivity index (χ4v) is 1.70. The van der Waals surface area contributed by atoms with Crippen LogP contribution in [0.5, 0.6) is 0 Å². The molecule has 0 saturated heterocycles. The second-order valence-corrected chi connectivity index (χ2v) is 3.91. The maximum absolute atomic E-state index is 2.35. The largest absolute Gasteiger partial charge is 0.0914 e. The Bertz CT molecular complexity index is 113. The minimum absolute atomic E-state index is 0.907. The molecule has 0 N–H and O–H groups in total. The van der Waals surface area contributed by atoms with Crippen LogP contribution in [0, 0.1) is 11.8 Å². The van der Waals surface area contributed by atoms with Crippen molar-refractivity contribution < 1.29 is 0 Å². The van der Waals surface area contributed by atoms with E-state index >= 15 is 0 Å². The van der Waals surface area contributed by atoms with E-state index in [1.54, 1.807) is 0 Å². The van der Waals surface area contributed by atoms with Crippen LogP contribution < -0.4 is 0 Å². The van der Waals surface area contributed by atoms with E-state index in [0.717, 1.165) is 11.8 Å². The van der Waals surface area contributed by atoms with Gasteiger partial charge in [0.2, 0.25) is 0 Å². The van der Waals surface area contributed by atoms with Crippen LogP contribution in [0.3, 0.4) is 0 Å². The molecule has 0 radical (unpaired) electrons. The van der Waals surface area contributed by atoms with Crippen molar-refractivity contribution in [1.82, 2.24) is 0 Å². The first-order chi connectivity index (χ1) is 6.74. The minimum Gasteiger partial charge on any atom is -0.0914 e. The standard InChI is InChI=1S/C9H16.C3H8.C2H6/c1-3-4-9-6-5-8(2)7-9;1-3-2;1-2/h3-4,8-9H,5-7H2,1-2H3;3H2,1-2H3;1-2H3/b4-3+;;. The molecule has 0 spiro atoms. The molecular formula is C14H30. The molecule has 86 valence electrons. The summed E-state index contributed by atoms with van der Waals surface area (Å²) in [6.07, 6.45) is 10.1. The van der Waals surface area contributed by atoms with E-state index in [2.05, 4.69) is 39.8 Å². The normalized spacial score (nSPS) is 25.0. The number of hydrogen-bond acceptors (Lipinski definition) is 0. The van der Waals surface area contributed by atoms with Gasteiger partial charge >= 0.3 is 0 Å². The average Bonchev–Trinajstić information content (AvgIpc) is 2.57. The molecule has 1 fully saturated rings. The first-order valence-electron chi connectivity index (χ1n) is 6.37. The highest BCUT2D eigenvalue weighted by atomic mass is 14.2. The van der Waals surface area contributed by atoms with E-state index in [-0.39, 0.29) is 0 Å². The predicted molar refractivity (Wildman–Crippen MR) is 68.6 cm³/mol. The Labute approximate surface area is 91.8 Å². The highest BCUT2D eigenvalue weighted by molar-refractivity contribution is 4.89. The van der Waals surface area contributed by atoms with Gasteiger partial charge in [-0.05, 0) is 31.6 Å². The summed E-state index contributed by atoms with van der Waals surface area (Å²) in [5.41, 5.74) is 0. The molecule has 0 bridgehead atoms. The lowest BCUT2D eigenvalue weighted by Gasteiger charge is -1.99. The fraction of sp³-hybridized carbons (Fsp3) is 0.857. The van der Waals surface area contributed by atoms with Gasteiger partial charge in [0.25, 0.3) is 0 Å². The van der Waals surface area contributed by atoms with Gasteiger partial charge in [-0.2, -0.15) is 0 Å². The Kier molecular flexibility index (Phi) is 14.7. The van der Waals surface area contributed by atoms with Gasteiger partial charge in [-0.15, -0.1) is 0 Å². The predicted octanol–water partition coefficient (Wildman–Crippen LogP) is 5.44. The quantitative estimate of drug-likeness (QED) is 0.492. The van der Waals surface area contributed by atoms with Crippen LogP contribution >= 0.6 is 0 Å². The van der Waals surface area contributed by atoms with E-state index in [4.69, 9.17) is 0 Å². The van der Waals surface area contributed by atoms with Crippen LogP contribution in [0.2, 0.25) is 0 Å². The fourth-order valence-electron chi connectivity index (χ4n) is 1.70. The monoisotopic (exact) mass is 198 g/mol. The van der Waals surface area contributed by atoms with E-state index in [1.165, 1.54) is 25.7 Å². The molecule has 0 aliphatic heterocycles. The number of hydrogen-bond donors (Lipinski definition) is 0. The molecule has 0 amide bonds. The van der Waals surface area contributed by atoms with Crippen molar-refractivity contribution in [2.45, 2.75) is 67.2 Å². The third kappa shape index (κ3) is 9.83. The lowest BCUT2D eigenvalue weighted by molar-refractivity contribution is 0.586. The molecule has 14 heavy (non-hydrogen) atoms. The molecule has 0 heteroatoms. The first kappa shape index (κ1) is 16.2. The van der Waals surface area contributed by atoms with Crippen LogP contribution in [0.15, 0.2) is 12.2 Å². The zero-order valence-corrected chi connectivity index (χ0v) is 11.1. The molecule has 1 aliphatic carbocycles. The summed E-state index contributed by atoms with van der Waals surface area (Å²) in [5, 5.41) is 0. The SMILES string of the molecule is C/C=C/C1CCC(C)C1.CC.CCC. The topological polar surface area (TPSA) is 0 Å². The van der Waals surface area contributed by atoms with Crippen LogP contribution in [0.4, 0.5) is 0 Å². The summed E-state index contributed by atoms with van der Waals surface area (Å²) in [5.74, 6) is 1.89. The zero-order chi connectivity index (χ0) is 11.4. The van der Waals surface area contributed by atoms with Gasteiger partial charge in [0.05, 0.1) is 0 Å². The first-order valence-corrected chi connectivity index (χ1v) is 6.37. The summed E-state index contributed by atoms with van der Waals surface area (Å²) in [7, 11) is 0. The van der Waals surface area contributed by atoms with E-state index in [1.807, 2.05) is 13.8 Å². The smallest absolute Gasteiger partial charge is 0.0231 e. The van der Waals surface area contributed by atoms with Crippen molar-refractivity contribution in [3.8, 4) is 0 Å². The van der Waals surface area contributed by atoms with Crippen LogP contribution in [-0.2, 0) is 0 Å². The second kappa shape index (κ2) is 12.7. The Morgan fingerprint density at radius 2 is 1.64 bits per heavy atom. The van der Waals surface area contributed by atoms with Crippen LogP contribution in [0.25, 0.3) is 0 Å². The Hall–Kier alpha value is -0.260. The second-order valence-electron chi connectivity index (χ2n) is 3.91. The van der Waals surface area contributed by atoms with Crippen molar-refractivity contribution >= 4 is 0 Å². The van der Waals surface area contributed by atoms with Crippen LogP contribution in [-0.4, -0.2) is 0 Å². The highest BCUT2D eigenvalue weighted by Gasteiger charge is 2.17. The van der Waals surface area contributed by atoms with Gasteiger partial charge in [0.1, 0.15) is 0 Å². The summed E-state index contributed by atoms with van der Waals surface area (Å²) >= 11 is 0. The summed E-state index contributed by atoms with van der Waals surface area (Å²) in [6, 6.07) is 0. The molecule has 0 heterocycles. The summed E-state index contributed by atoms with van der Waals surface area (Å²) < 4.78 is 0. The molecule has 2 unspecified atom stereocenters. The molecule has 2 atom stereocenters. The highest BCUT2D eigenvalue weighted by Crippen LogP contribution is 2.30. The molecule has 1 rings (SSSR count). The van der Waals surface area contributed by atoms with E-state index in [9.17, 15) is 0 Å². The number of allylic oxidation sites excluding steroid dienone is 2. The summed E-state index contributed by atoms with van der Waals surface area (Å²) in [6.45, 7) is 12.7. The molecule has 0 nitrogen and oxygen atoms in total. The molecule has 0 aromatic rings. The Morgan fingerprint density at radius 3 is 1.93 bits per heavy atom. The number of rotatable bonds is 1. The van der Waals surface area contributed by atoms with Gasteiger partial charge in [-0.25, -0.2) is 0 Å². The van der Waals surface area contributed by atoms with Gasteiger partial charge in [-0.3, -0.25) is 0 Å². The summed E-state index contributed by atoms with van der Waals surface area (Å²) in [4.78, 5) is 0. The van der Waals surface area contributed by atoms with Gasteiger partial charge in [0.15, 0.2) is 0 Å². The third-order valence-electron chi connectivity index (χ3n) is 2.20. The Morgan fingerprint density at radius 1 is 1.14 bits per heavy atom. The zero-order valence-electron chi connectivity index (χ0n) is 11.1. The average molecular weight is 198 g/mol. The molecule has 0 aromatic heterocycles. The third-order valence-corrected chi connectivity index (χ3v) is 2.20. The van der Waals surface area contributed by atoms with Crippen molar-refractivity contribution in [2.24, 2.45) is 11.8 Å². The van der Waals surface area contributed by atoms with Gasteiger partial charge in [0, 0.05) is 0 Å². The van der Waals surface area contributed by atoms with Crippen molar-refractivity contribution in [3.63, 3.8) is 0 Å². The Balaban J connectivity index is 0. The van der Waals surface area contributed by atoms with Crippen molar-refractivity contribution in [1.29, 1.82) is 0 Å². The maximum Gasteiger partial charge on any atom is -0.0231 e. The van der Waals surface area contributed by atoms with Crippen molar-refractivity contribution in [3.05, 3.63) is 12.2 Å². The molecular weight excluding hydrogens is 168 g/mol. The van der Waals surface area contributed by atoms with E-state index < -0.39 is 0 Å². The van der Waals surface area contributed by atoms with Crippen LogP contribution in [0.1, 0.15) is 67.2 Å². The lowest BCUT2D eigenvalue weighted by atomic mass is 10.1. The maximum atomic E-state index is 2.35. The van der Waals surface area contributed by atoms with Gasteiger partial charge in [-0.1, -0.05) is 59.6 Å². The van der Waals surface area contributed by atoms with E-state index in [0.29, 0.717) is 0 Å². The molecule has 0 aromatic carbocycles. The minimum atomic E-state index is 0.907. The molecule has 1 aliphatic rings. The van der Waals surface area contributed by atoms with Crippen molar-refractivity contribution in [2.75, 3.05) is 0 Å². The lowest BCUT2D eigenvalue weighted by Crippen LogP contribution is -1.87. The van der Waals surface area contributed by atoms with Gasteiger partial charge < -0.3 is 0 Å².